The molecule has 2 unspecified atom stereocenters. The molecule has 1 aliphatic rings. The summed E-state index contributed by atoms with van der Waals surface area (Å²) in [6, 6.07) is 9.93. The van der Waals surface area contributed by atoms with Crippen LogP contribution in [-0.2, 0) is 20.8 Å². The highest BCUT2D eigenvalue weighted by molar-refractivity contribution is 5.13. The van der Waals surface area contributed by atoms with E-state index in [2.05, 4.69) is 5.32 Å². The van der Waals surface area contributed by atoms with Crippen LogP contribution in [0.2, 0.25) is 0 Å². The minimum absolute atomic E-state index is 0.0844. The molecular weight excluding hydrogens is 258 g/mol. The molecule has 0 radical (unpaired) electrons. The van der Waals surface area contributed by atoms with Crippen molar-refractivity contribution in [3.63, 3.8) is 0 Å². The largest absolute Gasteiger partial charge is 0.389 e. The van der Waals surface area contributed by atoms with Gasteiger partial charge in [0, 0.05) is 13.1 Å². The van der Waals surface area contributed by atoms with Crippen LogP contribution < -0.4 is 5.32 Å². The fraction of sp³-hybridized carbons (Fsp3) is 0.600. The maximum Gasteiger partial charge on any atom is 0.0933 e. The van der Waals surface area contributed by atoms with Gasteiger partial charge in [-0.05, 0) is 5.56 Å². The monoisotopic (exact) mass is 281 g/mol. The molecule has 0 spiro atoms. The second-order valence-corrected chi connectivity index (χ2v) is 4.88. The molecule has 1 aliphatic heterocycles. The summed E-state index contributed by atoms with van der Waals surface area (Å²) >= 11 is 0. The van der Waals surface area contributed by atoms with Gasteiger partial charge in [0.15, 0.2) is 0 Å². The molecule has 0 aromatic heterocycles. The summed E-state index contributed by atoms with van der Waals surface area (Å²) < 4.78 is 16.3. The Morgan fingerprint density at radius 3 is 2.90 bits per heavy atom. The summed E-state index contributed by atoms with van der Waals surface area (Å²) in [4.78, 5) is 0. The second kappa shape index (κ2) is 9.05. The third kappa shape index (κ3) is 5.98. The SMILES string of the molecule is OC(CNCC1COCCO1)COCc1ccccc1. The number of hydrogen-bond donors (Lipinski definition) is 2. The van der Waals surface area contributed by atoms with Gasteiger partial charge in [0.2, 0.25) is 0 Å². The molecule has 0 amide bonds. The summed E-state index contributed by atoms with van der Waals surface area (Å²) in [6.45, 7) is 3.97. The van der Waals surface area contributed by atoms with Crippen LogP contribution in [0.3, 0.4) is 0 Å². The van der Waals surface area contributed by atoms with E-state index in [-0.39, 0.29) is 6.10 Å². The van der Waals surface area contributed by atoms with Crippen molar-refractivity contribution >= 4 is 0 Å². The van der Waals surface area contributed by atoms with Crippen LogP contribution in [0.1, 0.15) is 5.56 Å². The van der Waals surface area contributed by atoms with Crippen LogP contribution in [0.4, 0.5) is 0 Å². The van der Waals surface area contributed by atoms with Crippen molar-refractivity contribution in [2.75, 3.05) is 39.5 Å². The molecule has 2 N–H and O–H groups in total. The molecule has 112 valence electrons. The lowest BCUT2D eigenvalue weighted by Crippen LogP contribution is -2.40. The zero-order valence-corrected chi connectivity index (χ0v) is 11.7. The number of benzene rings is 1. The minimum atomic E-state index is -0.511. The third-order valence-corrected chi connectivity index (χ3v) is 3.06. The number of nitrogens with one attached hydrogen (secondary N) is 1. The van der Waals surface area contributed by atoms with Gasteiger partial charge in [-0.3, -0.25) is 0 Å². The van der Waals surface area contributed by atoms with Gasteiger partial charge in [0.1, 0.15) is 0 Å². The van der Waals surface area contributed by atoms with Gasteiger partial charge in [-0.15, -0.1) is 0 Å². The lowest BCUT2D eigenvalue weighted by molar-refractivity contribution is -0.0871. The van der Waals surface area contributed by atoms with Crippen molar-refractivity contribution in [1.29, 1.82) is 0 Å². The summed E-state index contributed by atoms with van der Waals surface area (Å²) in [6.07, 6.45) is -0.426. The normalized spacial score (nSPS) is 20.8. The minimum Gasteiger partial charge on any atom is -0.389 e. The number of rotatable bonds is 8. The predicted molar refractivity (Wildman–Crippen MR) is 75.5 cm³/mol. The molecule has 1 aromatic carbocycles. The molecule has 1 heterocycles. The fourth-order valence-electron chi connectivity index (χ4n) is 2.01. The molecule has 1 aromatic rings. The van der Waals surface area contributed by atoms with E-state index in [4.69, 9.17) is 14.2 Å². The lowest BCUT2D eigenvalue weighted by Gasteiger charge is -2.23. The zero-order chi connectivity index (χ0) is 14.0. The number of aliphatic hydroxyl groups is 1. The average Bonchev–Trinajstić information content (AvgIpc) is 2.49. The Hall–Kier alpha value is -0.980. The highest BCUT2D eigenvalue weighted by Crippen LogP contribution is 2.01. The van der Waals surface area contributed by atoms with Crippen molar-refractivity contribution in [3.8, 4) is 0 Å². The Kier molecular flexibility index (Phi) is 6.97. The first-order valence-electron chi connectivity index (χ1n) is 7.04. The van der Waals surface area contributed by atoms with Crippen LogP contribution in [0, 0.1) is 0 Å². The standard InChI is InChI=1S/C15H23NO4/c17-14(8-16-9-15-12-18-6-7-20-15)11-19-10-13-4-2-1-3-5-13/h1-5,14-17H,6-12H2. The van der Waals surface area contributed by atoms with Gasteiger partial charge >= 0.3 is 0 Å². The van der Waals surface area contributed by atoms with Gasteiger partial charge < -0.3 is 24.6 Å². The number of hydrogen-bond acceptors (Lipinski definition) is 5. The van der Waals surface area contributed by atoms with E-state index in [1.807, 2.05) is 30.3 Å². The van der Waals surface area contributed by atoms with Crippen molar-refractivity contribution in [1.82, 2.24) is 5.32 Å². The first-order chi connectivity index (χ1) is 9.84. The summed E-state index contributed by atoms with van der Waals surface area (Å²) in [5.74, 6) is 0. The Labute approximate surface area is 119 Å². The van der Waals surface area contributed by atoms with Crippen molar-refractivity contribution in [2.24, 2.45) is 0 Å². The lowest BCUT2D eigenvalue weighted by atomic mass is 10.2. The van der Waals surface area contributed by atoms with Crippen LogP contribution in [-0.4, -0.2) is 56.8 Å². The number of ether oxygens (including phenoxy) is 3. The highest BCUT2D eigenvalue weighted by Gasteiger charge is 2.14. The third-order valence-electron chi connectivity index (χ3n) is 3.06. The predicted octanol–water partition coefficient (Wildman–Crippen LogP) is 0.569. The maximum absolute atomic E-state index is 9.80. The summed E-state index contributed by atoms with van der Waals surface area (Å²) in [5.41, 5.74) is 1.11. The van der Waals surface area contributed by atoms with Crippen molar-refractivity contribution in [3.05, 3.63) is 35.9 Å². The second-order valence-electron chi connectivity index (χ2n) is 4.88. The van der Waals surface area contributed by atoms with Crippen molar-refractivity contribution < 1.29 is 19.3 Å². The van der Waals surface area contributed by atoms with Crippen LogP contribution in [0.5, 0.6) is 0 Å². The van der Waals surface area contributed by atoms with E-state index < -0.39 is 6.10 Å². The van der Waals surface area contributed by atoms with E-state index in [0.29, 0.717) is 46.1 Å². The zero-order valence-electron chi connectivity index (χ0n) is 11.7. The summed E-state index contributed by atoms with van der Waals surface area (Å²) in [7, 11) is 0. The molecule has 0 aliphatic carbocycles. The van der Waals surface area contributed by atoms with Gasteiger partial charge in [-0.1, -0.05) is 30.3 Å². The molecule has 1 saturated heterocycles. The molecule has 1 fully saturated rings. The van der Waals surface area contributed by atoms with Crippen LogP contribution in [0.15, 0.2) is 30.3 Å². The molecule has 2 rings (SSSR count). The van der Waals surface area contributed by atoms with E-state index in [1.54, 1.807) is 0 Å². The van der Waals surface area contributed by atoms with Crippen LogP contribution >= 0.6 is 0 Å². The smallest absolute Gasteiger partial charge is 0.0933 e. The molecule has 5 heteroatoms. The van der Waals surface area contributed by atoms with Gasteiger partial charge in [0.05, 0.1) is 45.2 Å². The fourth-order valence-corrected chi connectivity index (χ4v) is 2.01. The highest BCUT2D eigenvalue weighted by atomic mass is 16.6. The van der Waals surface area contributed by atoms with E-state index in [1.165, 1.54) is 0 Å². The van der Waals surface area contributed by atoms with E-state index in [0.717, 1.165) is 5.56 Å². The van der Waals surface area contributed by atoms with E-state index in [9.17, 15) is 5.11 Å². The Balaban J connectivity index is 1.50. The molecular formula is C15H23NO4. The summed E-state index contributed by atoms with van der Waals surface area (Å²) in [5, 5.41) is 13.0. The molecule has 5 nitrogen and oxygen atoms in total. The number of aliphatic hydroxyl groups excluding tert-OH is 1. The van der Waals surface area contributed by atoms with Gasteiger partial charge in [-0.25, -0.2) is 0 Å². The van der Waals surface area contributed by atoms with Gasteiger partial charge in [0.25, 0.3) is 0 Å². The Morgan fingerprint density at radius 1 is 1.30 bits per heavy atom. The quantitative estimate of drug-likeness (QED) is 0.729. The van der Waals surface area contributed by atoms with E-state index >= 15 is 0 Å². The first kappa shape index (κ1) is 15.4. The Morgan fingerprint density at radius 2 is 2.15 bits per heavy atom. The molecule has 2 atom stereocenters. The molecule has 20 heavy (non-hydrogen) atoms. The maximum atomic E-state index is 9.80. The molecule has 0 bridgehead atoms. The first-order valence-corrected chi connectivity index (χ1v) is 7.04. The average molecular weight is 281 g/mol. The molecule has 0 saturated carbocycles. The van der Waals surface area contributed by atoms with Gasteiger partial charge in [-0.2, -0.15) is 0 Å². The van der Waals surface area contributed by atoms with Crippen LogP contribution in [0.25, 0.3) is 0 Å². The topological polar surface area (TPSA) is 60.0 Å². The Bertz CT molecular complexity index is 354. The van der Waals surface area contributed by atoms with Crippen molar-refractivity contribution in [2.45, 2.75) is 18.8 Å².